The van der Waals surface area contributed by atoms with Crippen LogP contribution >= 0.6 is 11.6 Å². The SMILES string of the molecule is O=C(Cc1ccccc1)NNc1ncnc(Nc2ncc(C(F)(F)F)cc2Cl)c1[N+](=O)[O-]. The van der Waals surface area contributed by atoms with E-state index in [1.807, 2.05) is 0 Å². The molecule has 14 heteroatoms. The molecule has 1 amide bonds. The summed E-state index contributed by atoms with van der Waals surface area (Å²) < 4.78 is 38.3. The van der Waals surface area contributed by atoms with Crippen molar-refractivity contribution in [3.05, 3.63) is 75.2 Å². The standard InChI is InChI=1S/C18H13ClF3N7O3/c19-12-7-11(18(20,21)22)8-23-15(12)26-16-14(29(31)32)17(25-9-24-16)28-27-13(30)6-10-4-2-1-3-5-10/h1-5,7-9H,6H2,(H,27,30)(H2,23,24,25,26,28). The molecule has 0 aliphatic rings. The summed E-state index contributed by atoms with van der Waals surface area (Å²) in [5.74, 6) is -1.55. The van der Waals surface area contributed by atoms with E-state index in [2.05, 4.69) is 31.1 Å². The van der Waals surface area contributed by atoms with Crippen LogP contribution in [0.2, 0.25) is 5.02 Å². The molecule has 0 atom stereocenters. The zero-order valence-corrected chi connectivity index (χ0v) is 16.6. The van der Waals surface area contributed by atoms with Crippen LogP contribution in [-0.2, 0) is 17.4 Å². The summed E-state index contributed by atoms with van der Waals surface area (Å²) in [6.45, 7) is 0. The van der Waals surface area contributed by atoms with Crippen molar-refractivity contribution in [1.82, 2.24) is 20.4 Å². The number of rotatable bonds is 7. The Morgan fingerprint density at radius 3 is 2.41 bits per heavy atom. The summed E-state index contributed by atoms with van der Waals surface area (Å²) in [6, 6.07) is 9.38. The molecule has 10 nitrogen and oxygen atoms in total. The molecule has 3 rings (SSSR count). The number of benzene rings is 1. The first-order valence-electron chi connectivity index (χ1n) is 8.73. The van der Waals surface area contributed by atoms with Gasteiger partial charge in [0, 0.05) is 6.20 Å². The van der Waals surface area contributed by atoms with Gasteiger partial charge in [-0.05, 0) is 11.6 Å². The Bertz CT molecular complexity index is 1150. The van der Waals surface area contributed by atoms with Gasteiger partial charge >= 0.3 is 11.9 Å². The van der Waals surface area contributed by atoms with E-state index in [1.165, 1.54) is 0 Å². The number of pyridine rings is 1. The quantitative estimate of drug-likeness (QED) is 0.352. The summed E-state index contributed by atoms with van der Waals surface area (Å²) in [4.78, 5) is 33.8. The fourth-order valence-corrected chi connectivity index (χ4v) is 2.70. The molecule has 0 aliphatic carbocycles. The smallest absolute Gasteiger partial charge is 0.318 e. The zero-order chi connectivity index (χ0) is 23.3. The van der Waals surface area contributed by atoms with Crippen LogP contribution in [0, 0.1) is 10.1 Å². The van der Waals surface area contributed by atoms with E-state index >= 15 is 0 Å². The van der Waals surface area contributed by atoms with E-state index in [0.717, 1.165) is 11.9 Å². The van der Waals surface area contributed by atoms with Gasteiger partial charge in [0.1, 0.15) is 6.33 Å². The molecule has 0 saturated carbocycles. The first-order chi connectivity index (χ1) is 15.1. The van der Waals surface area contributed by atoms with Crippen molar-refractivity contribution in [3.63, 3.8) is 0 Å². The lowest BCUT2D eigenvalue weighted by atomic mass is 10.1. The molecule has 0 aliphatic heterocycles. The predicted octanol–water partition coefficient (Wildman–Crippen LogP) is 3.88. The van der Waals surface area contributed by atoms with Crippen LogP contribution in [0.5, 0.6) is 0 Å². The van der Waals surface area contributed by atoms with Crippen molar-refractivity contribution in [2.24, 2.45) is 0 Å². The maximum Gasteiger partial charge on any atom is 0.417 e. The molecule has 0 radical (unpaired) electrons. The molecule has 2 aromatic heterocycles. The van der Waals surface area contributed by atoms with Crippen LogP contribution in [-0.4, -0.2) is 25.8 Å². The maximum atomic E-state index is 12.8. The second-order valence-corrected chi connectivity index (χ2v) is 6.60. The number of halogens is 4. The first kappa shape index (κ1) is 22.7. The molecule has 0 fully saturated rings. The predicted molar refractivity (Wildman–Crippen MR) is 108 cm³/mol. The molecule has 0 bridgehead atoms. The summed E-state index contributed by atoms with van der Waals surface area (Å²) in [6.07, 6.45) is -3.20. The molecule has 0 saturated heterocycles. The molecule has 3 aromatic rings. The van der Waals surface area contributed by atoms with Gasteiger partial charge in [-0.25, -0.2) is 15.0 Å². The number of carbonyl (C=O) groups is 1. The lowest BCUT2D eigenvalue weighted by Crippen LogP contribution is -2.31. The molecular formula is C18H13ClF3N7O3. The molecule has 0 unspecified atom stereocenters. The molecule has 32 heavy (non-hydrogen) atoms. The number of nitrogens with one attached hydrogen (secondary N) is 3. The molecule has 3 N–H and O–H groups in total. The molecule has 0 spiro atoms. The highest BCUT2D eigenvalue weighted by Gasteiger charge is 2.32. The summed E-state index contributed by atoms with van der Waals surface area (Å²) in [7, 11) is 0. The number of hydrogen-bond donors (Lipinski definition) is 3. The number of alkyl halides is 3. The Kier molecular flexibility index (Phi) is 6.68. The van der Waals surface area contributed by atoms with E-state index in [9.17, 15) is 28.1 Å². The Morgan fingerprint density at radius 1 is 1.09 bits per heavy atom. The number of aromatic nitrogens is 3. The second-order valence-electron chi connectivity index (χ2n) is 6.19. The van der Waals surface area contributed by atoms with Crippen LogP contribution < -0.4 is 16.2 Å². The van der Waals surface area contributed by atoms with Crippen molar-refractivity contribution >= 4 is 40.6 Å². The zero-order valence-electron chi connectivity index (χ0n) is 15.9. The first-order valence-corrected chi connectivity index (χ1v) is 9.11. The van der Waals surface area contributed by atoms with Gasteiger partial charge in [-0.1, -0.05) is 41.9 Å². The summed E-state index contributed by atoms with van der Waals surface area (Å²) in [5, 5.41) is 13.6. The minimum absolute atomic E-state index is 0.00289. The maximum absolute atomic E-state index is 12.8. The molecule has 2 heterocycles. The Balaban J connectivity index is 1.79. The van der Waals surface area contributed by atoms with Gasteiger partial charge in [-0.15, -0.1) is 0 Å². The second kappa shape index (κ2) is 9.43. The van der Waals surface area contributed by atoms with Gasteiger partial charge < -0.3 is 5.32 Å². The third-order valence-corrected chi connectivity index (χ3v) is 4.23. The summed E-state index contributed by atoms with van der Waals surface area (Å²) >= 11 is 5.83. The highest BCUT2D eigenvalue weighted by Crippen LogP contribution is 2.35. The number of anilines is 3. The fourth-order valence-electron chi connectivity index (χ4n) is 2.49. The lowest BCUT2D eigenvalue weighted by molar-refractivity contribution is -0.383. The van der Waals surface area contributed by atoms with Crippen LogP contribution in [0.25, 0.3) is 0 Å². The Hall–Kier alpha value is -4.00. The largest absolute Gasteiger partial charge is 0.417 e. The molecule has 1 aromatic carbocycles. The van der Waals surface area contributed by atoms with E-state index in [-0.39, 0.29) is 18.1 Å². The van der Waals surface area contributed by atoms with Crippen LogP contribution in [0.3, 0.4) is 0 Å². The topological polar surface area (TPSA) is 135 Å². The minimum Gasteiger partial charge on any atom is -0.318 e. The van der Waals surface area contributed by atoms with Crippen molar-refractivity contribution in [3.8, 4) is 0 Å². The Morgan fingerprint density at radius 2 is 1.78 bits per heavy atom. The highest BCUT2D eigenvalue weighted by atomic mass is 35.5. The summed E-state index contributed by atoms with van der Waals surface area (Å²) in [5.41, 5.74) is 3.58. The van der Waals surface area contributed by atoms with E-state index < -0.39 is 39.1 Å². The van der Waals surface area contributed by atoms with E-state index in [0.29, 0.717) is 12.3 Å². The molecule has 166 valence electrons. The van der Waals surface area contributed by atoms with E-state index in [1.54, 1.807) is 30.3 Å². The monoisotopic (exact) mass is 467 g/mol. The minimum atomic E-state index is -4.66. The van der Waals surface area contributed by atoms with Crippen molar-refractivity contribution in [1.29, 1.82) is 0 Å². The van der Waals surface area contributed by atoms with Gasteiger partial charge in [0.2, 0.25) is 17.5 Å². The van der Waals surface area contributed by atoms with Gasteiger partial charge in [0.05, 0.1) is 21.9 Å². The Labute approximate surface area is 183 Å². The van der Waals surface area contributed by atoms with Gasteiger partial charge in [-0.2, -0.15) is 13.2 Å². The van der Waals surface area contributed by atoms with Crippen molar-refractivity contribution in [2.75, 3.05) is 10.7 Å². The number of nitrogens with zero attached hydrogens (tertiary/aromatic N) is 4. The van der Waals surface area contributed by atoms with Crippen molar-refractivity contribution < 1.29 is 22.9 Å². The number of nitro groups is 1. The van der Waals surface area contributed by atoms with Crippen LogP contribution in [0.15, 0.2) is 48.9 Å². The normalized spacial score (nSPS) is 11.0. The van der Waals surface area contributed by atoms with Gasteiger partial charge in [0.25, 0.3) is 0 Å². The number of amides is 1. The fraction of sp³-hybridized carbons (Fsp3) is 0.111. The lowest BCUT2D eigenvalue weighted by Gasteiger charge is -2.12. The number of hydrazine groups is 1. The van der Waals surface area contributed by atoms with E-state index in [4.69, 9.17) is 11.6 Å². The molecular weight excluding hydrogens is 455 g/mol. The average molecular weight is 468 g/mol. The van der Waals surface area contributed by atoms with Crippen LogP contribution in [0.1, 0.15) is 11.1 Å². The number of hydrogen-bond acceptors (Lipinski definition) is 8. The third-order valence-electron chi connectivity index (χ3n) is 3.94. The van der Waals surface area contributed by atoms with Crippen molar-refractivity contribution in [2.45, 2.75) is 12.6 Å². The van der Waals surface area contributed by atoms with Gasteiger partial charge in [0.15, 0.2) is 5.82 Å². The average Bonchev–Trinajstić information content (AvgIpc) is 2.73. The highest BCUT2D eigenvalue weighted by molar-refractivity contribution is 6.33. The van der Waals surface area contributed by atoms with Crippen LogP contribution in [0.4, 0.5) is 36.3 Å². The third kappa shape index (κ3) is 5.57. The van der Waals surface area contributed by atoms with Gasteiger partial charge in [-0.3, -0.25) is 25.8 Å². The number of carbonyl (C=O) groups excluding carboxylic acids is 1.